The normalized spacial score (nSPS) is 23.2. The van der Waals surface area contributed by atoms with E-state index in [-0.39, 0.29) is 6.04 Å². The summed E-state index contributed by atoms with van der Waals surface area (Å²) >= 11 is 5.15. The monoisotopic (exact) mass is 289 g/mol. The van der Waals surface area contributed by atoms with Gasteiger partial charge in [-0.1, -0.05) is 0 Å². The fourth-order valence-corrected chi connectivity index (χ4v) is 3.16. The predicted molar refractivity (Wildman–Crippen MR) is 67.2 cm³/mol. The van der Waals surface area contributed by atoms with E-state index < -0.39 is 0 Å². The molecule has 0 aliphatic carbocycles. The standard InChI is InChI=1S/C11H16BrNOS/c12-11-6-8(7-15-11)10(13)4-3-9-2-1-5-14-9/h6-7,9-10H,1-5,13H2. The lowest BCUT2D eigenvalue weighted by molar-refractivity contribution is 0.101. The maximum atomic E-state index is 6.12. The zero-order chi connectivity index (χ0) is 10.7. The summed E-state index contributed by atoms with van der Waals surface area (Å²) in [6, 6.07) is 2.28. The van der Waals surface area contributed by atoms with Crippen LogP contribution >= 0.6 is 27.3 Å². The summed E-state index contributed by atoms with van der Waals surface area (Å²) in [5, 5.41) is 2.13. The first-order valence-electron chi connectivity index (χ1n) is 5.37. The Balaban J connectivity index is 1.79. The summed E-state index contributed by atoms with van der Waals surface area (Å²) in [5.41, 5.74) is 7.36. The molecule has 0 saturated carbocycles. The third-order valence-electron chi connectivity index (χ3n) is 2.84. The van der Waals surface area contributed by atoms with Crippen molar-refractivity contribution < 1.29 is 4.74 Å². The average molecular weight is 290 g/mol. The lowest BCUT2D eigenvalue weighted by atomic mass is 10.0. The first-order chi connectivity index (χ1) is 7.25. The van der Waals surface area contributed by atoms with Crippen LogP contribution in [0.4, 0.5) is 0 Å². The van der Waals surface area contributed by atoms with Crippen molar-refractivity contribution in [3.05, 3.63) is 20.8 Å². The van der Waals surface area contributed by atoms with Crippen LogP contribution in [-0.4, -0.2) is 12.7 Å². The van der Waals surface area contributed by atoms with E-state index in [1.807, 2.05) is 0 Å². The molecule has 1 aromatic rings. The molecule has 84 valence electrons. The highest BCUT2D eigenvalue weighted by molar-refractivity contribution is 9.11. The van der Waals surface area contributed by atoms with Gasteiger partial charge >= 0.3 is 0 Å². The number of hydrogen-bond acceptors (Lipinski definition) is 3. The second-order valence-electron chi connectivity index (χ2n) is 4.00. The number of halogens is 1. The Morgan fingerprint density at radius 2 is 2.53 bits per heavy atom. The number of hydrogen-bond donors (Lipinski definition) is 1. The maximum absolute atomic E-state index is 6.12. The largest absolute Gasteiger partial charge is 0.378 e. The summed E-state index contributed by atoms with van der Waals surface area (Å²) in [6.07, 6.45) is 4.99. The van der Waals surface area contributed by atoms with Crippen LogP contribution in [0.1, 0.15) is 37.3 Å². The van der Waals surface area contributed by atoms with Gasteiger partial charge < -0.3 is 10.5 Å². The van der Waals surface area contributed by atoms with Gasteiger partial charge in [0.25, 0.3) is 0 Å². The van der Waals surface area contributed by atoms with Crippen molar-refractivity contribution in [3.63, 3.8) is 0 Å². The molecule has 0 spiro atoms. The first-order valence-corrected chi connectivity index (χ1v) is 7.04. The summed E-state index contributed by atoms with van der Waals surface area (Å²) in [5.74, 6) is 0. The molecule has 0 radical (unpaired) electrons. The lowest BCUT2D eigenvalue weighted by Crippen LogP contribution is -2.13. The molecule has 0 amide bonds. The lowest BCUT2D eigenvalue weighted by Gasteiger charge is -2.13. The molecule has 2 atom stereocenters. The maximum Gasteiger partial charge on any atom is 0.0701 e. The molecule has 1 aliphatic heterocycles. The van der Waals surface area contributed by atoms with Crippen LogP contribution in [0.2, 0.25) is 0 Å². The van der Waals surface area contributed by atoms with E-state index in [1.165, 1.54) is 18.4 Å². The predicted octanol–water partition coefficient (Wildman–Crippen LogP) is 3.47. The van der Waals surface area contributed by atoms with Crippen molar-refractivity contribution in [2.24, 2.45) is 5.73 Å². The van der Waals surface area contributed by atoms with Crippen LogP contribution in [-0.2, 0) is 4.74 Å². The van der Waals surface area contributed by atoms with Gasteiger partial charge in [0, 0.05) is 12.6 Å². The van der Waals surface area contributed by atoms with Gasteiger partial charge in [0.05, 0.1) is 9.89 Å². The SMILES string of the molecule is NC(CCC1CCCO1)c1csc(Br)c1. The molecule has 1 fully saturated rings. The molecule has 2 heterocycles. The van der Waals surface area contributed by atoms with E-state index in [4.69, 9.17) is 10.5 Å². The fourth-order valence-electron chi connectivity index (χ4n) is 1.92. The average Bonchev–Trinajstić information content (AvgIpc) is 2.84. The van der Waals surface area contributed by atoms with Crippen LogP contribution < -0.4 is 5.73 Å². The number of ether oxygens (including phenoxy) is 1. The molecular weight excluding hydrogens is 274 g/mol. The molecular formula is C11H16BrNOS. The smallest absolute Gasteiger partial charge is 0.0701 e. The molecule has 1 aliphatic rings. The van der Waals surface area contributed by atoms with E-state index >= 15 is 0 Å². The second-order valence-corrected chi connectivity index (χ2v) is 6.29. The quantitative estimate of drug-likeness (QED) is 0.921. The second kappa shape index (κ2) is 5.43. The molecule has 2 rings (SSSR count). The molecule has 0 bridgehead atoms. The van der Waals surface area contributed by atoms with E-state index in [0.717, 1.165) is 23.2 Å². The van der Waals surface area contributed by atoms with Crippen LogP contribution in [0.25, 0.3) is 0 Å². The van der Waals surface area contributed by atoms with Crippen molar-refractivity contribution in [2.45, 2.75) is 37.8 Å². The van der Waals surface area contributed by atoms with Gasteiger partial charge in [-0.15, -0.1) is 11.3 Å². The summed E-state index contributed by atoms with van der Waals surface area (Å²) in [7, 11) is 0. The molecule has 1 aromatic heterocycles. The molecule has 0 aromatic carbocycles. The molecule has 2 N–H and O–H groups in total. The summed E-state index contributed by atoms with van der Waals surface area (Å²) < 4.78 is 6.74. The van der Waals surface area contributed by atoms with Gasteiger partial charge in [-0.3, -0.25) is 0 Å². The van der Waals surface area contributed by atoms with Crippen molar-refractivity contribution in [3.8, 4) is 0 Å². The van der Waals surface area contributed by atoms with Gasteiger partial charge in [0.15, 0.2) is 0 Å². The van der Waals surface area contributed by atoms with E-state index in [1.54, 1.807) is 11.3 Å². The number of thiophene rings is 1. The van der Waals surface area contributed by atoms with Crippen LogP contribution in [0, 0.1) is 0 Å². The zero-order valence-corrected chi connectivity index (χ0v) is 11.0. The van der Waals surface area contributed by atoms with Crippen molar-refractivity contribution in [1.29, 1.82) is 0 Å². The topological polar surface area (TPSA) is 35.2 Å². The van der Waals surface area contributed by atoms with Gasteiger partial charge in [0.1, 0.15) is 0 Å². The Hall–Kier alpha value is 0.100. The van der Waals surface area contributed by atoms with Crippen molar-refractivity contribution in [1.82, 2.24) is 0 Å². The summed E-state index contributed by atoms with van der Waals surface area (Å²) in [6.45, 7) is 0.934. The van der Waals surface area contributed by atoms with Crippen molar-refractivity contribution >= 4 is 27.3 Å². The molecule has 2 nitrogen and oxygen atoms in total. The Kier molecular flexibility index (Phi) is 4.20. The summed E-state index contributed by atoms with van der Waals surface area (Å²) in [4.78, 5) is 0. The minimum absolute atomic E-state index is 0.164. The van der Waals surface area contributed by atoms with Gasteiger partial charge in [-0.05, 0) is 58.6 Å². The number of nitrogens with two attached hydrogens (primary N) is 1. The third-order valence-corrected chi connectivity index (χ3v) is 4.36. The van der Waals surface area contributed by atoms with Crippen LogP contribution in [0.5, 0.6) is 0 Å². The molecule has 1 saturated heterocycles. The minimum atomic E-state index is 0.164. The Morgan fingerprint density at radius 3 is 3.13 bits per heavy atom. The Bertz CT molecular complexity index is 309. The highest BCUT2D eigenvalue weighted by Crippen LogP contribution is 2.28. The number of rotatable bonds is 4. The van der Waals surface area contributed by atoms with E-state index in [9.17, 15) is 0 Å². The van der Waals surface area contributed by atoms with Gasteiger partial charge in [-0.25, -0.2) is 0 Å². The van der Waals surface area contributed by atoms with Gasteiger partial charge in [-0.2, -0.15) is 0 Å². The van der Waals surface area contributed by atoms with Crippen LogP contribution in [0.3, 0.4) is 0 Å². The highest BCUT2D eigenvalue weighted by atomic mass is 79.9. The third kappa shape index (κ3) is 3.28. The Morgan fingerprint density at radius 1 is 1.67 bits per heavy atom. The Labute approximate surface area is 103 Å². The van der Waals surface area contributed by atoms with Crippen molar-refractivity contribution in [2.75, 3.05) is 6.61 Å². The fraction of sp³-hybridized carbons (Fsp3) is 0.636. The molecule has 15 heavy (non-hydrogen) atoms. The van der Waals surface area contributed by atoms with E-state index in [0.29, 0.717) is 6.10 Å². The van der Waals surface area contributed by atoms with E-state index in [2.05, 4.69) is 27.4 Å². The highest BCUT2D eigenvalue weighted by Gasteiger charge is 2.17. The zero-order valence-electron chi connectivity index (χ0n) is 8.62. The first kappa shape index (κ1) is 11.6. The minimum Gasteiger partial charge on any atom is -0.378 e. The van der Waals surface area contributed by atoms with Gasteiger partial charge in [0.2, 0.25) is 0 Å². The molecule has 4 heteroatoms. The molecule has 2 unspecified atom stereocenters. The van der Waals surface area contributed by atoms with Crippen LogP contribution in [0.15, 0.2) is 15.2 Å².